The molecule has 0 amide bonds. The van der Waals surface area contributed by atoms with Crippen molar-refractivity contribution in [2.45, 2.75) is 13.3 Å². The summed E-state index contributed by atoms with van der Waals surface area (Å²) < 4.78 is 5.48. The monoisotopic (exact) mass is 311 g/mol. The maximum Gasteiger partial charge on any atom is 0.343 e. The molecule has 0 spiro atoms. The number of aromatic nitrogens is 1. The molecule has 3 rings (SSSR count). The Morgan fingerprint density at radius 3 is 2.64 bits per heavy atom. The number of esters is 1. The van der Waals surface area contributed by atoms with Crippen molar-refractivity contribution >= 4 is 28.5 Å². The van der Waals surface area contributed by atoms with Gasteiger partial charge in [0.25, 0.3) is 0 Å². The SMILES string of the molecule is CCc1ccc(C(=O)Oc2ccc(Cl)c3cccnc23)cc1. The number of nitrogens with zero attached hydrogens (tertiary/aromatic N) is 1. The maximum atomic E-state index is 12.3. The highest BCUT2D eigenvalue weighted by atomic mass is 35.5. The fourth-order valence-electron chi connectivity index (χ4n) is 2.23. The summed E-state index contributed by atoms with van der Waals surface area (Å²) in [5.41, 5.74) is 2.26. The summed E-state index contributed by atoms with van der Waals surface area (Å²) >= 11 is 6.14. The molecule has 0 bridgehead atoms. The van der Waals surface area contributed by atoms with Crippen LogP contribution in [0.15, 0.2) is 54.7 Å². The number of halogens is 1. The second-order valence-electron chi connectivity index (χ2n) is 4.89. The van der Waals surface area contributed by atoms with E-state index in [0.717, 1.165) is 11.8 Å². The van der Waals surface area contributed by atoms with Gasteiger partial charge in [0.15, 0.2) is 5.75 Å². The van der Waals surface area contributed by atoms with E-state index in [9.17, 15) is 4.79 Å². The number of carbonyl (C=O) groups is 1. The van der Waals surface area contributed by atoms with Gasteiger partial charge in [-0.1, -0.05) is 30.7 Å². The van der Waals surface area contributed by atoms with E-state index in [0.29, 0.717) is 21.9 Å². The van der Waals surface area contributed by atoms with Crippen LogP contribution in [-0.2, 0) is 6.42 Å². The fourth-order valence-corrected chi connectivity index (χ4v) is 2.45. The molecule has 0 aliphatic heterocycles. The highest BCUT2D eigenvalue weighted by Crippen LogP contribution is 2.30. The third kappa shape index (κ3) is 2.81. The first kappa shape index (κ1) is 14.5. The Kier molecular flexibility index (Phi) is 4.07. The largest absolute Gasteiger partial charge is 0.421 e. The van der Waals surface area contributed by atoms with E-state index >= 15 is 0 Å². The molecule has 2 aromatic carbocycles. The lowest BCUT2D eigenvalue weighted by Crippen LogP contribution is -2.09. The topological polar surface area (TPSA) is 39.2 Å². The number of ether oxygens (including phenoxy) is 1. The molecule has 22 heavy (non-hydrogen) atoms. The number of aryl methyl sites for hydroxylation is 1. The first-order valence-corrected chi connectivity index (χ1v) is 7.41. The van der Waals surface area contributed by atoms with Crippen LogP contribution in [0.2, 0.25) is 5.02 Å². The van der Waals surface area contributed by atoms with Gasteiger partial charge >= 0.3 is 5.97 Å². The molecule has 0 saturated heterocycles. The minimum absolute atomic E-state index is 0.406. The van der Waals surface area contributed by atoms with E-state index < -0.39 is 5.97 Å². The molecule has 0 aliphatic carbocycles. The Hall–Kier alpha value is -2.39. The van der Waals surface area contributed by atoms with E-state index in [2.05, 4.69) is 11.9 Å². The van der Waals surface area contributed by atoms with Gasteiger partial charge in [0.2, 0.25) is 0 Å². The molecule has 0 aliphatic rings. The van der Waals surface area contributed by atoms with E-state index in [4.69, 9.17) is 16.3 Å². The predicted molar refractivity (Wildman–Crippen MR) is 87.5 cm³/mol. The fraction of sp³-hybridized carbons (Fsp3) is 0.111. The molecule has 0 atom stereocenters. The Morgan fingerprint density at radius 1 is 1.14 bits per heavy atom. The zero-order valence-corrected chi connectivity index (χ0v) is 12.8. The highest BCUT2D eigenvalue weighted by Gasteiger charge is 2.12. The number of benzene rings is 2. The molecule has 3 nitrogen and oxygen atoms in total. The number of hydrogen-bond acceptors (Lipinski definition) is 3. The van der Waals surface area contributed by atoms with Crippen LogP contribution >= 0.6 is 11.6 Å². The summed E-state index contributed by atoms with van der Waals surface area (Å²) in [5.74, 6) is 0.00139. The minimum Gasteiger partial charge on any atom is -0.421 e. The molecule has 0 fully saturated rings. The van der Waals surface area contributed by atoms with Gasteiger partial charge in [-0.2, -0.15) is 0 Å². The van der Waals surface area contributed by atoms with Crippen molar-refractivity contribution in [1.29, 1.82) is 0 Å². The zero-order chi connectivity index (χ0) is 15.5. The smallest absolute Gasteiger partial charge is 0.343 e. The van der Waals surface area contributed by atoms with E-state index in [-0.39, 0.29) is 0 Å². The van der Waals surface area contributed by atoms with Crippen molar-refractivity contribution in [3.8, 4) is 5.75 Å². The average molecular weight is 312 g/mol. The van der Waals surface area contributed by atoms with Gasteiger partial charge in [-0.05, 0) is 48.4 Å². The number of pyridine rings is 1. The first-order chi connectivity index (χ1) is 10.7. The lowest BCUT2D eigenvalue weighted by atomic mass is 10.1. The first-order valence-electron chi connectivity index (χ1n) is 7.03. The molecule has 0 N–H and O–H groups in total. The molecule has 3 aromatic rings. The van der Waals surface area contributed by atoms with E-state index in [1.807, 2.05) is 18.2 Å². The van der Waals surface area contributed by atoms with Gasteiger partial charge < -0.3 is 4.74 Å². The van der Waals surface area contributed by atoms with Crippen molar-refractivity contribution in [2.24, 2.45) is 0 Å². The predicted octanol–water partition coefficient (Wildman–Crippen LogP) is 4.67. The zero-order valence-electron chi connectivity index (χ0n) is 12.0. The minimum atomic E-state index is -0.406. The Balaban J connectivity index is 1.92. The van der Waals surface area contributed by atoms with Crippen LogP contribution in [0.1, 0.15) is 22.8 Å². The van der Waals surface area contributed by atoms with Crippen LogP contribution < -0.4 is 4.74 Å². The van der Waals surface area contributed by atoms with Crippen molar-refractivity contribution in [3.63, 3.8) is 0 Å². The highest BCUT2D eigenvalue weighted by molar-refractivity contribution is 6.35. The summed E-state index contributed by atoms with van der Waals surface area (Å²) in [5, 5.41) is 1.34. The summed E-state index contributed by atoms with van der Waals surface area (Å²) in [6, 6.07) is 14.4. The molecular weight excluding hydrogens is 298 g/mol. The van der Waals surface area contributed by atoms with E-state index in [1.54, 1.807) is 36.5 Å². The van der Waals surface area contributed by atoms with Crippen LogP contribution in [-0.4, -0.2) is 11.0 Å². The van der Waals surface area contributed by atoms with Crippen molar-refractivity contribution < 1.29 is 9.53 Å². The Labute approximate surface area is 133 Å². The van der Waals surface area contributed by atoms with Gasteiger partial charge in [-0.25, -0.2) is 4.79 Å². The molecule has 0 saturated carbocycles. The van der Waals surface area contributed by atoms with Crippen molar-refractivity contribution in [1.82, 2.24) is 4.98 Å². The molecular formula is C18H14ClNO2. The van der Waals surface area contributed by atoms with Gasteiger partial charge in [0.1, 0.15) is 5.52 Å². The van der Waals surface area contributed by atoms with Gasteiger partial charge in [-0.3, -0.25) is 4.98 Å². The molecule has 0 unspecified atom stereocenters. The van der Waals surface area contributed by atoms with Crippen LogP contribution in [0.5, 0.6) is 5.75 Å². The summed E-state index contributed by atoms with van der Waals surface area (Å²) in [7, 11) is 0. The number of hydrogen-bond donors (Lipinski definition) is 0. The normalized spacial score (nSPS) is 10.6. The lowest BCUT2D eigenvalue weighted by molar-refractivity contribution is 0.0737. The van der Waals surface area contributed by atoms with E-state index in [1.165, 1.54) is 5.56 Å². The molecule has 110 valence electrons. The van der Waals surface area contributed by atoms with Crippen LogP contribution in [0.25, 0.3) is 10.9 Å². The molecule has 4 heteroatoms. The quantitative estimate of drug-likeness (QED) is 0.521. The van der Waals surface area contributed by atoms with Gasteiger partial charge in [-0.15, -0.1) is 0 Å². The second kappa shape index (κ2) is 6.16. The third-order valence-corrected chi connectivity index (χ3v) is 3.81. The van der Waals surface area contributed by atoms with Crippen LogP contribution in [0, 0.1) is 0 Å². The van der Waals surface area contributed by atoms with Gasteiger partial charge in [0, 0.05) is 11.6 Å². The summed E-state index contributed by atoms with van der Waals surface area (Å²) in [4.78, 5) is 16.5. The number of carbonyl (C=O) groups excluding carboxylic acids is 1. The molecule has 1 aromatic heterocycles. The molecule has 1 heterocycles. The number of rotatable bonds is 3. The standard InChI is InChI=1S/C18H14ClNO2/c1-2-12-5-7-13(8-6-12)18(21)22-16-10-9-15(19)14-4-3-11-20-17(14)16/h3-11H,2H2,1H3. The Bertz CT molecular complexity index is 828. The lowest BCUT2D eigenvalue weighted by Gasteiger charge is -2.08. The van der Waals surface area contributed by atoms with Gasteiger partial charge in [0.05, 0.1) is 10.6 Å². The second-order valence-corrected chi connectivity index (χ2v) is 5.29. The average Bonchev–Trinajstić information content (AvgIpc) is 2.57. The van der Waals surface area contributed by atoms with Crippen LogP contribution in [0.4, 0.5) is 0 Å². The maximum absolute atomic E-state index is 12.3. The summed E-state index contributed by atoms with van der Waals surface area (Å²) in [6.07, 6.45) is 2.58. The summed E-state index contributed by atoms with van der Waals surface area (Å²) in [6.45, 7) is 2.07. The Morgan fingerprint density at radius 2 is 1.91 bits per heavy atom. The third-order valence-electron chi connectivity index (χ3n) is 3.48. The van der Waals surface area contributed by atoms with Crippen molar-refractivity contribution in [2.75, 3.05) is 0 Å². The number of fused-ring (bicyclic) bond motifs is 1. The molecule has 0 radical (unpaired) electrons. The van der Waals surface area contributed by atoms with Crippen LogP contribution in [0.3, 0.4) is 0 Å². The van der Waals surface area contributed by atoms with Crippen molar-refractivity contribution in [3.05, 3.63) is 70.9 Å².